The summed E-state index contributed by atoms with van der Waals surface area (Å²) in [6, 6.07) is 12.5. The first-order chi connectivity index (χ1) is 62.6. The van der Waals surface area contributed by atoms with E-state index in [1.54, 1.807) is 92.2 Å². The normalized spacial score (nSPS) is 17.2. The molecule has 0 spiro atoms. The average molecular weight is 1840 g/mol. The van der Waals surface area contributed by atoms with E-state index in [0.717, 1.165) is 46.2 Å². The van der Waals surface area contributed by atoms with E-state index in [9.17, 15) is 62.3 Å². The number of alkyl carbamates (subject to hydrolysis) is 4. The van der Waals surface area contributed by atoms with E-state index in [1.807, 2.05) is 120 Å². The highest BCUT2D eigenvalue weighted by Crippen LogP contribution is 2.39. The maximum atomic E-state index is 15.0. The number of likely N-dealkylation sites (tertiary alicyclic amines) is 2. The fraction of sp³-hybridized carbons (Fsp3) is 0.618. The van der Waals surface area contributed by atoms with Gasteiger partial charge in [0.25, 0.3) is 0 Å². The highest BCUT2D eigenvalue weighted by atomic mass is 16.6. The Morgan fingerprint density at radius 2 is 0.970 bits per heavy atom. The topological polar surface area (TPSA) is 392 Å². The number of ether oxygens (including phenoxy) is 6. The molecule has 1 saturated carbocycles. The van der Waals surface area contributed by atoms with E-state index >= 15 is 0 Å². The minimum atomic E-state index is -1.09. The van der Waals surface area contributed by atoms with Crippen LogP contribution >= 0.6 is 0 Å². The van der Waals surface area contributed by atoms with E-state index in [4.69, 9.17) is 28.4 Å². The highest BCUT2D eigenvalue weighted by molar-refractivity contribution is 6.24. The number of methoxy groups -OCH3 is 1. The molecule has 728 valence electrons. The summed E-state index contributed by atoms with van der Waals surface area (Å²) in [4.78, 5) is 183. The van der Waals surface area contributed by atoms with E-state index in [-0.39, 0.29) is 99.9 Å². The zero-order chi connectivity index (χ0) is 97.1. The van der Waals surface area contributed by atoms with Crippen molar-refractivity contribution < 1.29 is 90.8 Å². The molecule has 2 aliphatic carbocycles. The van der Waals surface area contributed by atoms with Crippen LogP contribution in [0.3, 0.4) is 0 Å². The van der Waals surface area contributed by atoms with Crippen molar-refractivity contribution in [2.45, 2.75) is 313 Å². The smallest absolute Gasteiger partial charge is 0.408 e. The number of Topliss-reactive ketones (excluding diaryl/α,β-unsaturated/α-hetero) is 2. The number of unbranched alkanes of at least 4 members (excludes halogenated alkanes) is 1. The fourth-order valence-corrected chi connectivity index (χ4v) is 16.8. The lowest BCUT2D eigenvalue weighted by Gasteiger charge is -2.30. The molecule has 4 aliphatic rings. The molecular formula is C102H151N11O19. The lowest BCUT2D eigenvalue weighted by Crippen LogP contribution is -2.58. The fourth-order valence-electron chi connectivity index (χ4n) is 16.8. The second-order valence-electron chi connectivity index (χ2n) is 38.3. The molecule has 2 heterocycles. The Balaban J connectivity index is 0.940. The molecular weight excluding hydrogens is 1680 g/mol. The molecule has 0 radical (unpaired) electrons. The number of rotatable bonds is 51. The van der Waals surface area contributed by atoms with Gasteiger partial charge in [0, 0.05) is 72.5 Å². The van der Waals surface area contributed by atoms with Gasteiger partial charge in [0.1, 0.15) is 47.3 Å². The number of allylic oxidation sites excluding steroid dienone is 4. The first-order valence-corrected chi connectivity index (χ1v) is 47.7. The van der Waals surface area contributed by atoms with Crippen molar-refractivity contribution in [1.82, 2.24) is 57.7 Å². The van der Waals surface area contributed by atoms with Crippen LogP contribution in [-0.2, 0) is 81.4 Å². The number of nitrogens with zero attached hydrogens (tertiary/aromatic N) is 2. The zero-order valence-corrected chi connectivity index (χ0v) is 81.7. The SMILES string of the molecule is COc1c(C)c(C)c(OCCC(C)NC(=O)[C@H](CCCCNC(=O)OCCCC2=C(C)C(=O)C(C)=C(C)C2=O)NC(=O)[C@@H]2CCCN2C(=O)[C@H](/C=C/[C@H](CC(C)C)NC(=O)OCC2CC2)Cc2ccccc2)c(C)c1CCCOC(=O)NCCC[C@H](NC(=O)[C@@H](NC(=O)[C@@H]1CCCN1C(=O)[C@H](/C=C/[C@H](CC(C)C)NC(=O)OC(C)(C)C)Cc1ccccc1)C(C)C)C(=O)NC(C)C. The van der Waals surface area contributed by atoms with Gasteiger partial charge in [-0.25, -0.2) is 19.2 Å². The summed E-state index contributed by atoms with van der Waals surface area (Å²) < 4.78 is 34.8. The molecule has 132 heavy (non-hydrogen) atoms. The third kappa shape index (κ3) is 35.1. The van der Waals surface area contributed by atoms with Crippen LogP contribution < -0.4 is 57.3 Å². The summed E-state index contributed by atoms with van der Waals surface area (Å²) in [6.07, 6.45) is 13.7. The van der Waals surface area contributed by atoms with Crippen LogP contribution in [-0.4, -0.2) is 207 Å². The summed E-state index contributed by atoms with van der Waals surface area (Å²) in [6.45, 7) is 34.7. The molecule has 9 N–H and O–H groups in total. The maximum absolute atomic E-state index is 15.0. The largest absolute Gasteiger partial charge is 0.496 e. The van der Waals surface area contributed by atoms with Gasteiger partial charge in [-0.1, -0.05) is 127 Å². The van der Waals surface area contributed by atoms with Crippen LogP contribution in [0.1, 0.15) is 246 Å². The molecule has 30 heteroatoms. The van der Waals surface area contributed by atoms with E-state index in [1.165, 1.54) is 0 Å². The lowest BCUT2D eigenvalue weighted by atomic mass is 9.84. The molecule has 2 aliphatic heterocycles. The van der Waals surface area contributed by atoms with Gasteiger partial charge in [-0.15, -0.1) is 0 Å². The summed E-state index contributed by atoms with van der Waals surface area (Å²) in [7, 11) is 1.59. The van der Waals surface area contributed by atoms with Crippen molar-refractivity contribution in [3.8, 4) is 11.5 Å². The van der Waals surface area contributed by atoms with Gasteiger partial charge in [-0.3, -0.25) is 43.2 Å². The number of carbonyl (C=O) groups excluding carboxylic acids is 13. The second-order valence-corrected chi connectivity index (χ2v) is 38.3. The maximum Gasteiger partial charge on any atom is 0.408 e. The number of nitrogens with one attached hydrogen (secondary N) is 9. The average Bonchev–Trinajstić information content (AvgIpc) is 1.00. The van der Waals surface area contributed by atoms with Gasteiger partial charge < -0.3 is 86.1 Å². The molecule has 10 atom stereocenters. The van der Waals surface area contributed by atoms with Crippen LogP contribution in [0, 0.1) is 56.3 Å². The molecule has 3 aromatic rings. The Kier molecular flexibility index (Phi) is 43.8. The molecule has 3 fully saturated rings. The van der Waals surface area contributed by atoms with Crippen molar-refractivity contribution >= 4 is 77.3 Å². The Morgan fingerprint density at radius 1 is 0.477 bits per heavy atom. The molecule has 2 saturated heterocycles. The summed E-state index contributed by atoms with van der Waals surface area (Å²) >= 11 is 0. The number of benzene rings is 3. The van der Waals surface area contributed by atoms with Crippen LogP contribution in [0.5, 0.6) is 11.5 Å². The molecule has 30 nitrogen and oxygen atoms in total. The van der Waals surface area contributed by atoms with Crippen molar-refractivity contribution in [3.63, 3.8) is 0 Å². The van der Waals surface area contributed by atoms with Gasteiger partial charge in [-0.05, 0) is 257 Å². The molecule has 1 unspecified atom stereocenters. The molecule has 7 rings (SSSR count). The van der Waals surface area contributed by atoms with E-state index < -0.39 is 126 Å². The number of hydrogen-bond acceptors (Lipinski definition) is 19. The van der Waals surface area contributed by atoms with Crippen LogP contribution in [0.2, 0.25) is 0 Å². The van der Waals surface area contributed by atoms with E-state index in [0.29, 0.717) is 149 Å². The monoisotopic (exact) mass is 1830 g/mol. The van der Waals surface area contributed by atoms with Gasteiger partial charge in [0.05, 0.1) is 57.5 Å². The first-order valence-electron chi connectivity index (χ1n) is 47.7. The van der Waals surface area contributed by atoms with Crippen molar-refractivity contribution in [2.24, 2.45) is 35.5 Å². The molecule has 11 amide bonds. The predicted molar refractivity (Wildman–Crippen MR) is 507 cm³/mol. The standard InChI is InChI=1S/C102H151N11O19/c1-62(2)57-78(107-100(125)131-61-75-43-44-75)47-45-76(59-73-33-22-20-23-34-73)96(121)112-52-29-41-84(112)93(118)109-82(39-26-27-50-103-98(123)129-54-31-37-80-71(14)87(114)67(10)68(11)88(80)115)92(117)106-66(9)49-56-128-89-69(12)70(13)90(127-19)81(72(89)15)38-32-55-130-99(124)104-51-28-40-83(91(116)105-65(7)8)110-95(120)86(64(5)6)111-94(119)85-42-30-53-113(85)97(122)77(60-74-35-24-21-25-36-74)46-48-79(58-63(3)4)108-101(126)132-102(16,17)18/h20-25,33-36,45-48,62-66,75-79,82-86H,26-32,37-44,49-61H2,1-19H3,(H,103,123)(H,104,124)(H,105,116)(H,106,117)(H,107,125)(H,108,126)(H,109,118)(H,110,120)(H,111,119)/b47-45+,48-46+/t66?,76-,77-,78-,79-,82+,83+,84+,85+,86+/m1/s1. The van der Waals surface area contributed by atoms with Crippen LogP contribution in [0.4, 0.5) is 19.2 Å². The Morgan fingerprint density at radius 3 is 1.48 bits per heavy atom. The highest BCUT2D eigenvalue weighted by Gasteiger charge is 2.42. The lowest BCUT2D eigenvalue weighted by molar-refractivity contribution is -0.141. The van der Waals surface area contributed by atoms with Crippen LogP contribution in [0.25, 0.3) is 0 Å². The molecule has 0 aromatic heterocycles. The van der Waals surface area contributed by atoms with Crippen molar-refractivity contribution in [3.05, 3.63) is 141 Å². The summed E-state index contributed by atoms with van der Waals surface area (Å²) in [5.41, 5.74) is 6.10. The van der Waals surface area contributed by atoms with Crippen molar-refractivity contribution in [2.75, 3.05) is 59.7 Å². The minimum Gasteiger partial charge on any atom is -0.496 e. The van der Waals surface area contributed by atoms with E-state index in [2.05, 4.69) is 61.7 Å². The van der Waals surface area contributed by atoms with Gasteiger partial charge in [0.2, 0.25) is 41.4 Å². The second kappa shape index (κ2) is 53.6. The Hall–Kier alpha value is -11.1. The minimum absolute atomic E-state index is 0.00588. The third-order valence-corrected chi connectivity index (χ3v) is 24.4. The Labute approximate surface area is 782 Å². The van der Waals surface area contributed by atoms with Crippen LogP contribution in [0.15, 0.2) is 107 Å². The van der Waals surface area contributed by atoms with Gasteiger partial charge in [0.15, 0.2) is 11.6 Å². The quantitative estimate of drug-likeness (QED) is 0.0110. The number of hydrogen-bond donors (Lipinski definition) is 9. The van der Waals surface area contributed by atoms with Gasteiger partial charge >= 0.3 is 24.4 Å². The predicted octanol–water partition coefficient (Wildman–Crippen LogP) is 13.8. The summed E-state index contributed by atoms with van der Waals surface area (Å²) in [5, 5.41) is 26.3. The number of ketones is 2. The number of amides is 11. The third-order valence-electron chi connectivity index (χ3n) is 24.4. The van der Waals surface area contributed by atoms with Gasteiger partial charge in [-0.2, -0.15) is 0 Å². The van der Waals surface area contributed by atoms with Crippen molar-refractivity contribution in [1.29, 1.82) is 0 Å². The Bertz CT molecular complexity index is 4530. The first kappa shape index (κ1) is 108. The molecule has 3 aromatic carbocycles. The summed E-state index contributed by atoms with van der Waals surface area (Å²) in [5.74, 6) is -3.16. The molecule has 0 bridgehead atoms. The number of carbonyl (C=O) groups is 13. The zero-order valence-electron chi connectivity index (χ0n) is 81.7.